The predicted molar refractivity (Wildman–Crippen MR) is 65.6 cm³/mol. The number of rotatable bonds is 8. The van der Waals surface area contributed by atoms with Gasteiger partial charge >= 0.3 is 12.0 Å². The molecule has 1 aromatic heterocycles. The van der Waals surface area contributed by atoms with E-state index in [1.54, 1.807) is 0 Å². The minimum atomic E-state index is 0.298. The van der Waals surface area contributed by atoms with Crippen molar-refractivity contribution in [1.29, 1.82) is 0 Å². The Hall–Kier alpha value is -1.59. The van der Waals surface area contributed by atoms with Gasteiger partial charge in [-0.05, 0) is 19.8 Å². The lowest BCUT2D eigenvalue weighted by atomic mass is 10.5. The van der Waals surface area contributed by atoms with Crippen molar-refractivity contribution in [2.45, 2.75) is 33.6 Å². The Bertz CT molecular complexity index is 307. The normalized spacial score (nSPS) is 10.1. The van der Waals surface area contributed by atoms with Crippen molar-refractivity contribution in [2.75, 3.05) is 25.1 Å². The molecule has 0 saturated heterocycles. The van der Waals surface area contributed by atoms with E-state index in [4.69, 9.17) is 9.47 Å². The van der Waals surface area contributed by atoms with Gasteiger partial charge in [0.25, 0.3) is 0 Å². The highest BCUT2D eigenvalue weighted by Crippen LogP contribution is 2.13. The third-order valence-electron chi connectivity index (χ3n) is 1.84. The Morgan fingerprint density at radius 3 is 2.24 bits per heavy atom. The van der Waals surface area contributed by atoms with Crippen molar-refractivity contribution in [1.82, 2.24) is 15.0 Å². The fourth-order valence-electron chi connectivity index (χ4n) is 1.11. The zero-order chi connectivity index (χ0) is 12.5. The number of nitrogens with one attached hydrogen (secondary N) is 1. The lowest BCUT2D eigenvalue weighted by molar-refractivity contribution is 0.270. The maximum absolute atomic E-state index is 5.38. The van der Waals surface area contributed by atoms with Crippen LogP contribution in [0, 0.1) is 0 Å². The molecule has 0 bridgehead atoms. The average Bonchev–Trinajstić information content (AvgIpc) is 2.34. The highest BCUT2D eigenvalue weighted by Gasteiger charge is 2.07. The van der Waals surface area contributed by atoms with Gasteiger partial charge in [-0.15, -0.1) is 4.98 Å². The fourth-order valence-corrected chi connectivity index (χ4v) is 1.11. The Kier molecular flexibility index (Phi) is 6.06. The first-order chi connectivity index (χ1) is 8.30. The molecule has 0 fully saturated rings. The minimum Gasteiger partial charge on any atom is -0.464 e. The van der Waals surface area contributed by atoms with Gasteiger partial charge in [0.05, 0.1) is 13.2 Å². The Morgan fingerprint density at radius 2 is 1.65 bits per heavy atom. The molecule has 1 heterocycles. The van der Waals surface area contributed by atoms with E-state index < -0.39 is 0 Å². The summed E-state index contributed by atoms with van der Waals surface area (Å²) in [4.78, 5) is 12.4. The fraction of sp³-hybridized carbons (Fsp3) is 0.727. The van der Waals surface area contributed by atoms with E-state index in [-0.39, 0.29) is 0 Å². The Labute approximate surface area is 102 Å². The molecule has 6 nitrogen and oxygen atoms in total. The van der Waals surface area contributed by atoms with E-state index >= 15 is 0 Å². The Balaban J connectivity index is 2.76. The van der Waals surface area contributed by atoms with Crippen LogP contribution >= 0.6 is 0 Å². The van der Waals surface area contributed by atoms with E-state index in [1.165, 1.54) is 0 Å². The monoisotopic (exact) mass is 240 g/mol. The molecule has 0 aliphatic rings. The van der Waals surface area contributed by atoms with Crippen LogP contribution in [0.15, 0.2) is 0 Å². The number of nitrogens with zero attached hydrogens (tertiary/aromatic N) is 3. The predicted octanol–water partition coefficient (Wildman–Crippen LogP) is 1.88. The van der Waals surface area contributed by atoms with Crippen LogP contribution in [0.4, 0.5) is 5.95 Å². The molecule has 1 aromatic rings. The first-order valence-electron chi connectivity index (χ1n) is 6.05. The van der Waals surface area contributed by atoms with Crippen molar-refractivity contribution >= 4 is 5.95 Å². The van der Waals surface area contributed by atoms with Gasteiger partial charge in [0.1, 0.15) is 0 Å². The van der Waals surface area contributed by atoms with Crippen molar-refractivity contribution < 1.29 is 9.47 Å². The zero-order valence-electron chi connectivity index (χ0n) is 10.7. The topological polar surface area (TPSA) is 69.2 Å². The molecule has 0 aromatic carbocycles. The van der Waals surface area contributed by atoms with Crippen LogP contribution in [0.3, 0.4) is 0 Å². The lowest BCUT2D eigenvalue weighted by Crippen LogP contribution is -2.10. The molecule has 96 valence electrons. The molecule has 0 saturated carbocycles. The molecule has 17 heavy (non-hydrogen) atoms. The van der Waals surface area contributed by atoms with Crippen LogP contribution < -0.4 is 14.8 Å². The molecule has 1 N–H and O–H groups in total. The van der Waals surface area contributed by atoms with Crippen LogP contribution in [-0.4, -0.2) is 34.7 Å². The van der Waals surface area contributed by atoms with Gasteiger partial charge in [0.2, 0.25) is 5.95 Å². The largest absolute Gasteiger partial charge is 0.464 e. The molecular weight excluding hydrogens is 220 g/mol. The second kappa shape index (κ2) is 7.65. The maximum atomic E-state index is 5.38. The Morgan fingerprint density at radius 1 is 0.941 bits per heavy atom. The van der Waals surface area contributed by atoms with Crippen molar-refractivity contribution in [3.05, 3.63) is 0 Å². The quantitative estimate of drug-likeness (QED) is 0.748. The SMILES string of the molecule is CCCNc1nc(OCC)nc(OCCC)n1. The summed E-state index contributed by atoms with van der Waals surface area (Å²) in [5, 5.41) is 3.09. The second-order valence-corrected chi connectivity index (χ2v) is 3.43. The summed E-state index contributed by atoms with van der Waals surface area (Å²) in [7, 11) is 0. The van der Waals surface area contributed by atoms with E-state index in [0.717, 1.165) is 19.4 Å². The van der Waals surface area contributed by atoms with E-state index in [1.807, 2.05) is 13.8 Å². The first-order valence-corrected chi connectivity index (χ1v) is 6.05. The minimum absolute atomic E-state index is 0.298. The number of anilines is 1. The maximum Gasteiger partial charge on any atom is 0.324 e. The summed E-state index contributed by atoms with van der Waals surface area (Å²) in [6, 6.07) is 0.608. The zero-order valence-corrected chi connectivity index (χ0v) is 10.7. The third-order valence-corrected chi connectivity index (χ3v) is 1.84. The molecule has 0 atom stereocenters. The molecular formula is C11H20N4O2. The number of ether oxygens (including phenoxy) is 2. The smallest absolute Gasteiger partial charge is 0.324 e. The van der Waals surface area contributed by atoms with Crippen molar-refractivity contribution in [3.63, 3.8) is 0 Å². The average molecular weight is 240 g/mol. The van der Waals surface area contributed by atoms with Crippen LogP contribution in [0.2, 0.25) is 0 Å². The van der Waals surface area contributed by atoms with Crippen LogP contribution in [0.1, 0.15) is 33.6 Å². The molecule has 0 amide bonds. The van der Waals surface area contributed by atoms with Crippen molar-refractivity contribution in [3.8, 4) is 12.0 Å². The van der Waals surface area contributed by atoms with Gasteiger partial charge < -0.3 is 14.8 Å². The van der Waals surface area contributed by atoms with Crippen LogP contribution in [0.5, 0.6) is 12.0 Å². The van der Waals surface area contributed by atoms with Gasteiger partial charge in [-0.3, -0.25) is 0 Å². The molecule has 1 rings (SSSR count). The standard InChI is InChI=1S/C11H20N4O2/c1-4-7-12-9-13-10(16-6-3)15-11(14-9)17-8-5-2/h4-8H2,1-3H3,(H,12,13,14,15). The van der Waals surface area contributed by atoms with Crippen molar-refractivity contribution in [2.24, 2.45) is 0 Å². The molecule has 0 aliphatic heterocycles. The summed E-state index contributed by atoms with van der Waals surface area (Å²) < 4.78 is 10.6. The summed E-state index contributed by atoms with van der Waals surface area (Å²) in [6.07, 6.45) is 1.91. The van der Waals surface area contributed by atoms with Gasteiger partial charge in [0.15, 0.2) is 0 Å². The van der Waals surface area contributed by atoms with Gasteiger partial charge in [-0.2, -0.15) is 9.97 Å². The van der Waals surface area contributed by atoms with Crippen LogP contribution in [-0.2, 0) is 0 Å². The highest BCUT2D eigenvalue weighted by atomic mass is 16.5. The third kappa shape index (κ3) is 4.84. The molecule has 0 unspecified atom stereocenters. The molecule has 0 aliphatic carbocycles. The van der Waals surface area contributed by atoms with Gasteiger partial charge in [-0.1, -0.05) is 13.8 Å². The first kappa shape index (κ1) is 13.5. The van der Waals surface area contributed by atoms with Crippen LogP contribution in [0.25, 0.3) is 0 Å². The lowest BCUT2D eigenvalue weighted by Gasteiger charge is -2.08. The number of aromatic nitrogens is 3. The van der Waals surface area contributed by atoms with Gasteiger partial charge in [-0.25, -0.2) is 0 Å². The summed E-state index contributed by atoms with van der Waals surface area (Å²) >= 11 is 0. The molecule has 0 radical (unpaired) electrons. The van der Waals surface area contributed by atoms with E-state index in [0.29, 0.717) is 31.2 Å². The molecule has 6 heteroatoms. The highest BCUT2D eigenvalue weighted by molar-refractivity contribution is 5.27. The summed E-state index contributed by atoms with van der Waals surface area (Å²) in [5.41, 5.74) is 0. The molecule has 0 spiro atoms. The number of hydrogen-bond donors (Lipinski definition) is 1. The second-order valence-electron chi connectivity index (χ2n) is 3.43. The van der Waals surface area contributed by atoms with E-state index in [9.17, 15) is 0 Å². The van der Waals surface area contributed by atoms with Gasteiger partial charge in [0, 0.05) is 6.54 Å². The number of hydrogen-bond acceptors (Lipinski definition) is 6. The summed E-state index contributed by atoms with van der Waals surface area (Å²) in [6.45, 7) is 7.90. The van der Waals surface area contributed by atoms with E-state index in [2.05, 4.69) is 27.2 Å². The summed E-state index contributed by atoms with van der Waals surface area (Å²) in [5.74, 6) is 0.497.